The summed E-state index contributed by atoms with van der Waals surface area (Å²) in [4.78, 5) is 11.5. The highest BCUT2D eigenvalue weighted by molar-refractivity contribution is 6.42. The van der Waals surface area contributed by atoms with Gasteiger partial charge in [0.2, 0.25) is 5.91 Å². The zero-order valence-corrected chi connectivity index (χ0v) is 13.0. The van der Waals surface area contributed by atoms with Crippen molar-refractivity contribution < 1.29 is 14.6 Å². The van der Waals surface area contributed by atoms with Gasteiger partial charge in [-0.2, -0.15) is 0 Å². The van der Waals surface area contributed by atoms with Crippen LogP contribution in [-0.4, -0.2) is 42.9 Å². The molecule has 2 rings (SSSR count). The highest BCUT2D eigenvalue weighted by atomic mass is 35.5. The lowest BCUT2D eigenvalue weighted by molar-refractivity contribution is -0.124. The van der Waals surface area contributed by atoms with Crippen molar-refractivity contribution in [2.45, 2.75) is 25.0 Å². The van der Waals surface area contributed by atoms with Crippen LogP contribution in [0.4, 0.5) is 0 Å². The summed E-state index contributed by atoms with van der Waals surface area (Å²) < 4.78 is 5.44. The van der Waals surface area contributed by atoms with Crippen LogP contribution in [0.15, 0.2) is 18.2 Å². The van der Waals surface area contributed by atoms with E-state index < -0.39 is 6.10 Å². The molecule has 0 aliphatic carbocycles. The second kappa shape index (κ2) is 7.84. The molecule has 0 aromatic heterocycles. The van der Waals surface area contributed by atoms with Crippen molar-refractivity contribution >= 4 is 29.1 Å². The van der Waals surface area contributed by atoms with Crippen LogP contribution in [0.2, 0.25) is 10.0 Å². The topological polar surface area (TPSA) is 70.6 Å². The minimum Gasteiger partial charge on any atom is -0.491 e. The third-order valence-electron chi connectivity index (χ3n) is 3.22. The van der Waals surface area contributed by atoms with E-state index in [9.17, 15) is 9.90 Å². The largest absolute Gasteiger partial charge is 0.491 e. The number of carbonyl (C=O) groups is 1. The predicted molar refractivity (Wildman–Crippen MR) is 82.0 cm³/mol. The second-order valence-corrected chi connectivity index (χ2v) is 5.75. The van der Waals surface area contributed by atoms with Crippen LogP contribution >= 0.6 is 23.2 Å². The molecule has 0 spiro atoms. The summed E-state index contributed by atoms with van der Waals surface area (Å²) in [6.45, 7) is 1.12. The average molecular weight is 333 g/mol. The summed E-state index contributed by atoms with van der Waals surface area (Å²) in [5.74, 6) is 0.526. The van der Waals surface area contributed by atoms with Gasteiger partial charge < -0.3 is 20.5 Å². The second-order valence-electron chi connectivity index (χ2n) is 4.93. The number of piperidine rings is 1. The number of aliphatic hydroxyl groups is 1. The summed E-state index contributed by atoms with van der Waals surface area (Å²) in [6.07, 6.45) is 1.01. The number of amides is 1. The van der Waals surface area contributed by atoms with Gasteiger partial charge in [0.15, 0.2) is 0 Å². The van der Waals surface area contributed by atoms with Crippen LogP contribution < -0.4 is 15.4 Å². The first-order chi connectivity index (χ1) is 10.1. The fourth-order valence-electron chi connectivity index (χ4n) is 2.06. The molecule has 1 heterocycles. The van der Waals surface area contributed by atoms with Gasteiger partial charge in [0, 0.05) is 19.2 Å². The molecule has 0 radical (unpaired) electrons. The summed E-state index contributed by atoms with van der Waals surface area (Å²) in [6, 6.07) is 4.68. The normalized spacial score (nSPS) is 20.0. The Morgan fingerprint density at radius 3 is 2.95 bits per heavy atom. The molecule has 1 saturated heterocycles. The molecule has 1 aromatic carbocycles. The third kappa shape index (κ3) is 5.04. The van der Waals surface area contributed by atoms with Gasteiger partial charge in [-0.25, -0.2) is 0 Å². The molecule has 0 saturated carbocycles. The Bertz CT molecular complexity index is 499. The highest BCUT2D eigenvalue weighted by Crippen LogP contribution is 2.26. The van der Waals surface area contributed by atoms with Crippen LogP contribution in [0.1, 0.15) is 12.8 Å². The zero-order valence-electron chi connectivity index (χ0n) is 11.4. The molecule has 116 valence electrons. The molecular formula is C14H18Cl2N2O3. The van der Waals surface area contributed by atoms with Crippen molar-refractivity contribution in [3.05, 3.63) is 28.2 Å². The SMILES string of the molecule is O=C1NCCCC1NCC(O)COc1ccc(Cl)c(Cl)c1. The Kier molecular flexibility index (Phi) is 6.11. The molecule has 2 unspecified atom stereocenters. The molecule has 1 fully saturated rings. The van der Waals surface area contributed by atoms with E-state index in [2.05, 4.69) is 10.6 Å². The van der Waals surface area contributed by atoms with E-state index in [4.69, 9.17) is 27.9 Å². The molecule has 1 aromatic rings. The minimum absolute atomic E-state index is 0.0150. The fraction of sp³-hybridized carbons (Fsp3) is 0.500. The molecule has 0 bridgehead atoms. The molecule has 1 aliphatic rings. The Morgan fingerprint density at radius 2 is 2.24 bits per heavy atom. The zero-order chi connectivity index (χ0) is 15.2. The average Bonchev–Trinajstić information content (AvgIpc) is 2.47. The van der Waals surface area contributed by atoms with Gasteiger partial charge in [-0.05, 0) is 25.0 Å². The Balaban J connectivity index is 1.72. The number of hydrogen-bond acceptors (Lipinski definition) is 4. The number of benzene rings is 1. The molecule has 7 heteroatoms. The van der Waals surface area contributed by atoms with Crippen molar-refractivity contribution in [3.8, 4) is 5.75 Å². The third-order valence-corrected chi connectivity index (χ3v) is 3.96. The summed E-state index contributed by atoms with van der Waals surface area (Å²) in [5, 5.41) is 16.6. The maximum atomic E-state index is 11.5. The van der Waals surface area contributed by atoms with E-state index in [1.54, 1.807) is 18.2 Å². The lowest BCUT2D eigenvalue weighted by Gasteiger charge is -2.24. The molecule has 3 N–H and O–H groups in total. The van der Waals surface area contributed by atoms with Gasteiger partial charge in [-0.1, -0.05) is 23.2 Å². The maximum Gasteiger partial charge on any atom is 0.237 e. The number of rotatable bonds is 6. The maximum absolute atomic E-state index is 11.5. The van der Waals surface area contributed by atoms with Crippen LogP contribution in [0.5, 0.6) is 5.75 Å². The van der Waals surface area contributed by atoms with Gasteiger partial charge in [0.1, 0.15) is 18.5 Å². The Labute approximate surface area is 133 Å². The number of hydrogen-bond donors (Lipinski definition) is 3. The van der Waals surface area contributed by atoms with E-state index in [1.807, 2.05) is 0 Å². The van der Waals surface area contributed by atoms with E-state index >= 15 is 0 Å². The monoisotopic (exact) mass is 332 g/mol. The lowest BCUT2D eigenvalue weighted by Crippen LogP contribution is -2.50. The first-order valence-electron chi connectivity index (χ1n) is 6.83. The number of halogens is 2. The van der Waals surface area contributed by atoms with Gasteiger partial charge >= 0.3 is 0 Å². The lowest BCUT2D eigenvalue weighted by atomic mass is 10.1. The van der Waals surface area contributed by atoms with Crippen LogP contribution in [0, 0.1) is 0 Å². The Morgan fingerprint density at radius 1 is 1.43 bits per heavy atom. The Hall–Kier alpha value is -1.01. The number of nitrogens with one attached hydrogen (secondary N) is 2. The van der Waals surface area contributed by atoms with Crippen molar-refractivity contribution in [1.82, 2.24) is 10.6 Å². The summed E-state index contributed by atoms with van der Waals surface area (Å²) in [7, 11) is 0. The smallest absolute Gasteiger partial charge is 0.237 e. The number of ether oxygens (including phenoxy) is 1. The van der Waals surface area contributed by atoms with Gasteiger partial charge in [0.25, 0.3) is 0 Å². The van der Waals surface area contributed by atoms with E-state index in [0.717, 1.165) is 19.4 Å². The minimum atomic E-state index is -0.714. The molecule has 2 atom stereocenters. The number of aliphatic hydroxyl groups excluding tert-OH is 1. The van der Waals surface area contributed by atoms with Crippen LogP contribution in [0.25, 0.3) is 0 Å². The molecular weight excluding hydrogens is 315 g/mol. The van der Waals surface area contributed by atoms with Gasteiger partial charge in [-0.15, -0.1) is 0 Å². The van der Waals surface area contributed by atoms with Crippen LogP contribution in [0.3, 0.4) is 0 Å². The summed E-state index contributed by atoms with van der Waals surface area (Å²) in [5.41, 5.74) is 0. The van der Waals surface area contributed by atoms with Crippen molar-refractivity contribution in [2.75, 3.05) is 19.7 Å². The molecule has 5 nitrogen and oxygen atoms in total. The van der Waals surface area contributed by atoms with Crippen molar-refractivity contribution in [1.29, 1.82) is 0 Å². The number of carbonyl (C=O) groups excluding carboxylic acids is 1. The first-order valence-corrected chi connectivity index (χ1v) is 7.59. The van der Waals surface area contributed by atoms with Crippen LogP contribution in [-0.2, 0) is 4.79 Å². The van der Waals surface area contributed by atoms with E-state index in [0.29, 0.717) is 22.3 Å². The van der Waals surface area contributed by atoms with Gasteiger partial charge in [0.05, 0.1) is 16.1 Å². The van der Waals surface area contributed by atoms with Crippen molar-refractivity contribution in [3.63, 3.8) is 0 Å². The molecule has 1 aliphatic heterocycles. The molecule has 21 heavy (non-hydrogen) atoms. The quantitative estimate of drug-likeness (QED) is 0.740. The summed E-state index contributed by atoms with van der Waals surface area (Å²) >= 11 is 11.7. The predicted octanol–water partition coefficient (Wildman–Crippen LogP) is 1.60. The van der Waals surface area contributed by atoms with E-state index in [1.165, 1.54) is 0 Å². The first kappa shape index (κ1) is 16.4. The fourth-order valence-corrected chi connectivity index (χ4v) is 2.35. The highest BCUT2D eigenvalue weighted by Gasteiger charge is 2.22. The standard InChI is InChI=1S/C14H18Cl2N2O3/c15-11-4-3-10(6-12(11)16)21-8-9(19)7-18-13-2-1-5-17-14(13)20/h3-4,6,9,13,18-19H,1-2,5,7-8H2,(H,17,20). The van der Waals surface area contributed by atoms with Crippen molar-refractivity contribution in [2.24, 2.45) is 0 Å². The van der Waals surface area contributed by atoms with E-state index in [-0.39, 0.29) is 18.6 Å². The molecule has 1 amide bonds. The van der Waals surface area contributed by atoms with Gasteiger partial charge in [-0.3, -0.25) is 4.79 Å².